The highest BCUT2D eigenvalue weighted by Crippen LogP contribution is 2.37. The van der Waals surface area contributed by atoms with Crippen molar-refractivity contribution in [1.29, 1.82) is 0 Å². The number of carbonyl (C=O) groups is 2. The summed E-state index contributed by atoms with van der Waals surface area (Å²) >= 11 is 0. The second-order valence-corrected chi connectivity index (χ2v) is 17.0. The Balaban J connectivity index is 1.61. The summed E-state index contributed by atoms with van der Waals surface area (Å²) in [6.07, 6.45) is -45.4. The molecule has 0 spiro atoms. The lowest BCUT2D eigenvalue weighted by Crippen LogP contribution is -2.70. The van der Waals surface area contributed by atoms with Crippen molar-refractivity contribution in [1.82, 2.24) is 10.6 Å². The maximum absolute atomic E-state index is 12.3. The highest BCUT2D eigenvalue weighted by molar-refractivity contribution is 7.80. The number of nitrogens with one attached hydrogen (secondary N) is 2. The SMILES string of the molecule is CC(=O)N[C@H]1[C@H](OC[C@H]2O[C@@H](O[C@H]3[C@@H](O)[C@@H](CO)OC(O)[C@@H]3NC(C)=O)[C@H](O[C@@H]3O[C@@H](C)[C@@H](O)[C@@H](O)[C@@H]3O)[C@@H](O[C@@H]3O[C@H](CO)[C@H](O)[C@H](OS(=O)(=O)O)[C@H]3O)[C@H]2O)O[C@H](CO)[C@@H](O)[C@@H]1O. The number of aliphatic hydroxyl groups is 13. The molecule has 5 aliphatic rings. The van der Waals surface area contributed by atoms with Crippen LogP contribution in [0.5, 0.6) is 0 Å². The zero-order valence-corrected chi connectivity index (χ0v) is 35.5. The van der Waals surface area contributed by atoms with Gasteiger partial charge in [-0.25, -0.2) is 4.18 Å². The van der Waals surface area contributed by atoms with E-state index in [4.69, 9.17) is 42.6 Å². The van der Waals surface area contributed by atoms with Crippen molar-refractivity contribution < 1.29 is 136 Å². The minimum absolute atomic E-state index is 0.753. The van der Waals surface area contributed by atoms with Crippen LogP contribution in [0.15, 0.2) is 0 Å². The zero-order chi connectivity index (χ0) is 48.4. The summed E-state index contributed by atoms with van der Waals surface area (Å²) in [5.41, 5.74) is 0. The van der Waals surface area contributed by atoms with Crippen molar-refractivity contribution in [3.8, 4) is 0 Å². The molecule has 0 aliphatic carbocycles. The van der Waals surface area contributed by atoms with Gasteiger partial charge in [-0.15, -0.1) is 0 Å². The van der Waals surface area contributed by atoms with Crippen molar-refractivity contribution in [3.63, 3.8) is 0 Å². The van der Waals surface area contributed by atoms with E-state index in [9.17, 15) is 88.9 Å². The van der Waals surface area contributed by atoms with Crippen molar-refractivity contribution in [2.24, 2.45) is 0 Å². The van der Waals surface area contributed by atoms with Gasteiger partial charge in [0.25, 0.3) is 0 Å². The molecule has 65 heavy (non-hydrogen) atoms. The van der Waals surface area contributed by atoms with Gasteiger partial charge in [0.15, 0.2) is 31.5 Å². The molecule has 0 bridgehead atoms. The average Bonchev–Trinajstić information content (AvgIpc) is 3.23. The van der Waals surface area contributed by atoms with E-state index in [1.807, 2.05) is 0 Å². The normalized spacial score (nSPS) is 47.5. The quantitative estimate of drug-likeness (QED) is 0.0639. The fourth-order valence-corrected chi connectivity index (χ4v) is 8.39. The van der Waals surface area contributed by atoms with Crippen LogP contribution >= 0.6 is 0 Å². The Morgan fingerprint density at radius 3 is 1.57 bits per heavy atom. The summed E-state index contributed by atoms with van der Waals surface area (Å²) in [5.74, 6) is -1.57. The molecule has 0 radical (unpaired) electrons. The van der Waals surface area contributed by atoms with Crippen LogP contribution < -0.4 is 10.6 Å². The molecule has 16 N–H and O–H groups in total. The summed E-state index contributed by atoms with van der Waals surface area (Å²) in [7, 11) is -5.47. The van der Waals surface area contributed by atoms with Crippen molar-refractivity contribution in [2.45, 2.75) is 174 Å². The van der Waals surface area contributed by atoms with Crippen LogP contribution in [0.4, 0.5) is 0 Å². The van der Waals surface area contributed by atoms with Crippen LogP contribution in [0.2, 0.25) is 0 Å². The fraction of sp³-hybridized carbons (Fsp3) is 0.941. The van der Waals surface area contributed by atoms with Gasteiger partial charge in [0.2, 0.25) is 11.8 Å². The number of hydrogen-bond acceptors (Lipinski definition) is 27. The van der Waals surface area contributed by atoms with E-state index in [0.29, 0.717) is 0 Å². The lowest BCUT2D eigenvalue weighted by atomic mass is 9.94. The van der Waals surface area contributed by atoms with Crippen LogP contribution in [0.25, 0.3) is 0 Å². The number of aliphatic hydroxyl groups excluding tert-OH is 13. The van der Waals surface area contributed by atoms with E-state index in [0.717, 1.165) is 13.8 Å². The highest BCUT2D eigenvalue weighted by atomic mass is 32.3. The van der Waals surface area contributed by atoms with Crippen LogP contribution in [0.3, 0.4) is 0 Å². The van der Waals surface area contributed by atoms with Gasteiger partial charge in [0.1, 0.15) is 116 Å². The molecule has 0 saturated carbocycles. The fourth-order valence-electron chi connectivity index (χ4n) is 7.89. The first kappa shape index (κ1) is 53.9. The van der Waals surface area contributed by atoms with E-state index in [-0.39, 0.29) is 0 Å². The molecular formula is C34H58N2O28S. The number of ether oxygens (including phenoxy) is 9. The lowest BCUT2D eigenvalue weighted by Gasteiger charge is -2.51. The molecule has 5 aliphatic heterocycles. The smallest absolute Gasteiger partial charge is 0.394 e. The Morgan fingerprint density at radius 1 is 0.508 bits per heavy atom. The van der Waals surface area contributed by atoms with Gasteiger partial charge < -0.3 is 120 Å². The highest BCUT2D eigenvalue weighted by Gasteiger charge is 2.58. The van der Waals surface area contributed by atoms with Crippen molar-refractivity contribution >= 4 is 22.2 Å². The van der Waals surface area contributed by atoms with Crippen molar-refractivity contribution in [3.05, 3.63) is 0 Å². The Morgan fingerprint density at radius 2 is 0.985 bits per heavy atom. The minimum Gasteiger partial charge on any atom is -0.394 e. The molecule has 5 heterocycles. The molecule has 0 aromatic carbocycles. The Bertz CT molecular complexity index is 1670. The second-order valence-electron chi connectivity index (χ2n) is 15.9. The topological polar surface area (TPSA) is 468 Å². The molecule has 5 rings (SSSR count). The number of carbonyl (C=O) groups excluding carboxylic acids is 2. The average molecular weight is 975 g/mol. The van der Waals surface area contributed by atoms with Gasteiger partial charge in [-0.05, 0) is 6.92 Å². The number of rotatable bonds is 16. The molecule has 25 atom stereocenters. The van der Waals surface area contributed by atoms with E-state index < -0.39 is 202 Å². The maximum atomic E-state index is 12.3. The first-order chi connectivity index (χ1) is 30.4. The Labute approximate surface area is 368 Å². The molecule has 0 aromatic rings. The van der Waals surface area contributed by atoms with Crippen LogP contribution in [-0.4, -0.2) is 271 Å². The molecule has 2 amide bonds. The van der Waals surface area contributed by atoms with E-state index in [2.05, 4.69) is 14.8 Å². The van der Waals surface area contributed by atoms with Gasteiger partial charge in [0.05, 0.1) is 32.5 Å². The summed E-state index contributed by atoms with van der Waals surface area (Å²) in [5, 5.41) is 144. The predicted octanol–water partition coefficient (Wildman–Crippen LogP) is -10.8. The molecule has 31 heteroatoms. The first-order valence-corrected chi connectivity index (χ1v) is 21.5. The first-order valence-electron chi connectivity index (χ1n) is 20.1. The molecule has 378 valence electrons. The molecule has 0 aromatic heterocycles. The third kappa shape index (κ3) is 12.4. The predicted molar refractivity (Wildman–Crippen MR) is 199 cm³/mol. The maximum Gasteiger partial charge on any atom is 0.397 e. The van der Waals surface area contributed by atoms with Crippen molar-refractivity contribution in [2.75, 3.05) is 26.4 Å². The molecule has 5 fully saturated rings. The zero-order valence-electron chi connectivity index (χ0n) is 34.6. The Hall–Kier alpha value is -2.07. The third-order valence-corrected chi connectivity index (χ3v) is 11.7. The summed E-state index contributed by atoms with van der Waals surface area (Å²) in [6, 6.07) is -3.27. The number of hydrogen-bond donors (Lipinski definition) is 16. The summed E-state index contributed by atoms with van der Waals surface area (Å²) in [6.45, 7) is -0.576. The summed E-state index contributed by atoms with van der Waals surface area (Å²) < 4.78 is 89.4. The molecular weight excluding hydrogens is 916 g/mol. The van der Waals surface area contributed by atoms with E-state index >= 15 is 0 Å². The van der Waals surface area contributed by atoms with Gasteiger partial charge in [-0.2, -0.15) is 8.42 Å². The summed E-state index contributed by atoms with van der Waals surface area (Å²) in [4.78, 5) is 24.4. The lowest BCUT2D eigenvalue weighted by molar-refractivity contribution is -0.402. The van der Waals surface area contributed by atoms with E-state index in [1.54, 1.807) is 0 Å². The third-order valence-electron chi connectivity index (χ3n) is 11.3. The van der Waals surface area contributed by atoms with E-state index in [1.165, 1.54) is 6.92 Å². The van der Waals surface area contributed by atoms with Gasteiger partial charge in [0, 0.05) is 13.8 Å². The molecule has 5 saturated heterocycles. The van der Waals surface area contributed by atoms with Gasteiger partial charge >= 0.3 is 10.4 Å². The standard InChI is InChI=1S/C34H58N2O28S/c1-8-17(42)23(48)24(49)32(56-8)63-29-28(62-33-25(50)27(64-65(52,53)54)20(45)13(6-39)59-33)21(46)14(7-55-31-15(35-9(2)40)22(47)18(43)11(4-37)58-31)60-34(29)61-26-16(36-10(3)41)30(51)57-12(5-38)19(26)44/h8,11-34,37-39,42-51H,4-7H2,1-3H3,(H,35,40)(H,36,41)(H,52,53,54)/t8-,11+,12+,13+,14+,15+,16+,17+,18+,19-,20-,21-,22+,23+,24-,25+,26+,27-,28-,29+,30?,31+,32-,33-,34-/m0/s1. The minimum atomic E-state index is -5.47. The molecule has 30 nitrogen and oxygen atoms in total. The Kier molecular flexibility index (Phi) is 18.7. The van der Waals surface area contributed by atoms with Gasteiger partial charge in [-0.1, -0.05) is 0 Å². The van der Waals surface area contributed by atoms with Crippen LogP contribution in [0.1, 0.15) is 20.8 Å². The largest absolute Gasteiger partial charge is 0.397 e. The number of amides is 2. The second kappa shape index (κ2) is 22.6. The monoisotopic (exact) mass is 974 g/mol. The van der Waals surface area contributed by atoms with Crippen LogP contribution in [0, 0.1) is 0 Å². The van der Waals surface area contributed by atoms with Gasteiger partial charge in [-0.3, -0.25) is 14.1 Å². The molecule has 1 unspecified atom stereocenters. The van der Waals surface area contributed by atoms with Crippen LogP contribution in [-0.2, 0) is 66.8 Å².